The van der Waals surface area contributed by atoms with Crippen LogP contribution < -0.4 is 0 Å². The molecule has 126 valence electrons. The predicted octanol–water partition coefficient (Wildman–Crippen LogP) is 2.40. The first-order valence-electron chi connectivity index (χ1n) is 7.17. The highest BCUT2D eigenvalue weighted by Crippen LogP contribution is 2.24. The summed E-state index contributed by atoms with van der Waals surface area (Å²) in [5.41, 5.74) is 0.836. The Bertz CT molecular complexity index is 831. The topological polar surface area (TPSA) is 78.3 Å². The molecular formula is C15H19IN2O4S. The smallest absolute Gasteiger partial charge is 0.327 e. The van der Waals surface area contributed by atoms with Gasteiger partial charge in [0, 0.05) is 28.0 Å². The van der Waals surface area contributed by atoms with E-state index in [0.717, 1.165) is 20.7 Å². The Labute approximate surface area is 149 Å². The molecule has 0 fully saturated rings. The minimum atomic E-state index is -3.61. The van der Waals surface area contributed by atoms with E-state index < -0.39 is 20.6 Å². The number of halogens is 1. The van der Waals surface area contributed by atoms with Gasteiger partial charge in [0.25, 0.3) is 0 Å². The van der Waals surface area contributed by atoms with E-state index >= 15 is 0 Å². The van der Waals surface area contributed by atoms with Crippen LogP contribution in [0.4, 0.5) is 0 Å². The van der Waals surface area contributed by atoms with Crippen molar-refractivity contribution >= 4 is 49.3 Å². The lowest BCUT2D eigenvalue weighted by molar-refractivity contribution is -0.146. The monoisotopic (exact) mass is 450 g/mol. The number of aryl methyl sites for hydroxylation is 1. The Balaban J connectivity index is 2.25. The third-order valence-corrected chi connectivity index (χ3v) is 6.54. The van der Waals surface area contributed by atoms with Crippen LogP contribution in [0.3, 0.4) is 0 Å². The Hall–Kier alpha value is -1.16. The molecule has 2 rings (SSSR count). The van der Waals surface area contributed by atoms with Crippen molar-refractivity contribution in [3.05, 3.63) is 28.0 Å². The first-order valence-corrected chi connectivity index (χ1v) is 10.1. The second-order valence-corrected chi connectivity index (χ2v) is 9.26. The molecule has 0 saturated carbocycles. The van der Waals surface area contributed by atoms with Crippen molar-refractivity contribution in [1.82, 2.24) is 9.78 Å². The molecule has 0 amide bonds. The second kappa shape index (κ2) is 6.76. The average molecular weight is 450 g/mol. The zero-order valence-corrected chi connectivity index (χ0v) is 16.2. The molecule has 1 aromatic heterocycles. The van der Waals surface area contributed by atoms with Gasteiger partial charge in [-0.05, 0) is 61.1 Å². The molecule has 0 saturated heterocycles. The van der Waals surface area contributed by atoms with Crippen molar-refractivity contribution in [3.63, 3.8) is 0 Å². The van der Waals surface area contributed by atoms with Crippen LogP contribution in [-0.4, -0.2) is 41.8 Å². The summed E-state index contributed by atoms with van der Waals surface area (Å²) in [5.74, 6) is -0.714. The number of carbonyl (C=O) groups excluding carboxylic acids is 1. The maximum atomic E-state index is 12.1. The number of aromatic nitrogens is 2. The highest BCUT2D eigenvalue weighted by molar-refractivity contribution is 14.1. The summed E-state index contributed by atoms with van der Waals surface area (Å²) < 4.78 is 30.3. The molecule has 0 aliphatic carbocycles. The van der Waals surface area contributed by atoms with E-state index in [2.05, 4.69) is 27.7 Å². The fourth-order valence-corrected chi connectivity index (χ4v) is 3.55. The fraction of sp³-hybridized carbons (Fsp3) is 0.467. The summed E-state index contributed by atoms with van der Waals surface area (Å²) in [5, 5.41) is 5.39. The van der Waals surface area contributed by atoms with Crippen LogP contribution in [0.1, 0.15) is 20.3 Å². The van der Waals surface area contributed by atoms with Gasteiger partial charge in [-0.2, -0.15) is 5.10 Å². The quantitative estimate of drug-likeness (QED) is 0.499. The van der Waals surface area contributed by atoms with E-state index in [-0.39, 0.29) is 13.0 Å². The van der Waals surface area contributed by atoms with E-state index in [9.17, 15) is 13.2 Å². The number of carbonyl (C=O) groups is 1. The molecule has 0 spiro atoms. The molecule has 0 aliphatic heterocycles. The predicted molar refractivity (Wildman–Crippen MR) is 96.9 cm³/mol. The van der Waals surface area contributed by atoms with Gasteiger partial charge in [-0.1, -0.05) is 0 Å². The van der Waals surface area contributed by atoms with Gasteiger partial charge in [0.15, 0.2) is 14.6 Å². The molecule has 8 heteroatoms. The SMILES string of the molecule is CCOC(=O)C(C)(CCn1cc2cc(I)ccc2n1)S(C)(=O)=O. The van der Waals surface area contributed by atoms with Crippen LogP contribution in [0.2, 0.25) is 0 Å². The van der Waals surface area contributed by atoms with E-state index in [4.69, 9.17) is 4.74 Å². The number of hydrogen-bond donors (Lipinski definition) is 0. The Kier molecular flexibility index (Phi) is 5.34. The minimum Gasteiger partial charge on any atom is -0.465 e. The lowest BCUT2D eigenvalue weighted by Gasteiger charge is -2.25. The van der Waals surface area contributed by atoms with Crippen LogP contribution in [0.5, 0.6) is 0 Å². The van der Waals surface area contributed by atoms with Gasteiger partial charge in [0.05, 0.1) is 12.1 Å². The zero-order chi connectivity index (χ0) is 17.3. The molecule has 2 aromatic rings. The van der Waals surface area contributed by atoms with Crippen molar-refractivity contribution in [2.75, 3.05) is 12.9 Å². The standard InChI is InChI=1S/C15H19IN2O4S/c1-4-22-14(19)15(2,23(3,20)21)7-8-18-10-11-9-12(16)5-6-13(11)17-18/h5-6,9-10H,4,7-8H2,1-3H3. The summed E-state index contributed by atoms with van der Waals surface area (Å²) in [7, 11) is -3.61. The van der Waals surface area contributed by atoms with Gasteiger partial charge in [-0.3, -0.25) is 9.48 Å². The fourth-order valence-electron chi connectivity index (χ4n) is 2.21. The highest BCUT2D eigenvalue weighted by atomic mass is 127. The van der Waals surface area contributed by atoms with Crippen LogP contribution >= 0.6 is 22.6 Å². The highest BCUT2D eigenvalue weighted by Gasteiger charge is 2.44. The number of nitrogens with zero attached hydrogens (tertiary/aromatic N) is 2. The van der Waals surface area contributed by atoms with E-state index in [1.807, 2.05) is 24.4 Å². The molecule has 23 heavy (non-hydrogen) atoms. The first kappa shape index (κ1) is 18.2. The van der Waals surface area contributed by atoms with Gasteiger partial charge >= 0.3 is 5.97 Å². The number of benzene rings is 1. The molecule has 1 aromatic carbocycles. The number of rotatable bonds is 6. The summed E-state index contributed by atoms with van der Waals surface area (Å²) in [6.45, 7) is 3.52. The third-order valence-electron chi connectivity index (χ3n) is 3.86. The van der Waals surface area contributed by atoms with Crippen LogP contribution in [0.25, 0.3) is 10.9 Å². The molecular weight excluding hydrogens is 431 g/mol. The van der Waals surface area contributed by atoms with Crippen molar-refractivity contribution in [3.8, 4) is 0 Å². The maximum Gasteiger partial charge on any atom is 0.327 e. The zero-order valence-electron chi connectivity index (χ0n) is 13.2. The number of ether oxygens (including phenoxy) is 1. The van der Waals surface area contributed by atoms with Crippen molar-refractivity contribution < 1.29 is 17.9 Å². The van der Waals surface area contributed by atoms with Crippen LogP contribution in [0, 0.1) is 3.57 Å². The summed E-state index contributed by atoms with van der Waals surface area (Å²) in [4.78, 5) is 12.1. The molecule has 1 atom stereocenters. The number of sulfone groups is 1. The summed E-state index contributed by atoms with van der Waals surface area (Å²) >= 11 is 2.22. The lowest BCUT2D eigenvalue weighted by atomic mass is 10.1. The number of fused-ring (bicyclic) bond motifs is 1. The Morgan fingerprint density at radius 2 is 2.13 bits per heavy atom. The molecule has 0 bridgehead atoms. The molecule has 1 unspecified atom stereocenters. The Morgan fingerprint density at radius 3 is 2.74 bits per heavy atom. The van der Waals surface area contributed by atoms with Crippen molar-refractivity contribution in [1.29, 1.82) is 0 Å². The third kappa shape index (κ3) is 3.85. The molecule has 0 aliphatic rings. The van der Waals surface area contributed by atoms with Crippen LogP contribution in [-0.2, 0) is 25.9 Å². The summed E-state index contributed by atoms with van der Waals surface area (Å²) in [6, 6.07) is 5.87. The second-order valence-electron chi connectivity index (χ2n) is 5.57. The maximum absolute atomic E-state index is 12.1. The minimum absolute atomic E-state index is 0.107. The molecule has 0 radical (unpaired) electrons. The summed E-state index contributed by atoms with van der Waals surface area (Å²) in [6.07, 6.45) is 3.02. The molecule has 6 nitrogen and oxygen atoms in total. The van der Waals surface area contributed by atoms with Gasteiger partial charge in [0.2, 0.25) is 0 Å². The van der Waals surface area contributed by atoms with Gasteiger partial charge in [0.1, 0.15) is 0 Å². The number of esters is 1. The van der Waals surface area contributed by atoms with Crippen molar-refractivity contribution in [2.24, 2.45) is 0 Å². The van der Waals surface area contributed by atoms with Gasteiger partial charge < -0.3 is 4.74 Å². The van der Waals surface area contributed by atoms with Crippen LogP contribution in [0.15, 0.2) is 24.4 Å². The lowest BCUT2D eigenvalue weighted by Crippen LogP contribution is -2.45. The largest absolute Gasteiger partial charge is 0.465 e. The first-order chi connectivity index (χ1) is 10.7. The van der Waals surface area contributed by atoms with Gasteiger partial charge in [-0.25, -0.2) is 8.42 Å². The number of hydrogen-bond acceptors (Lipinski definition) is 5. The normalized spacial score (nSPS) is 14.6. The van der Waals surface area contributed by atoms with E-state index in [1.54, 1.807) is 11.6 Å². The van der Waals surface area contributed by atoms with E-state index in [0.29, 0.717) is 6.54 Å². The Morgan fingerprint density at radius 1 is 1.43 bits per heavy atom. The average Bonchev–Trinajstić information content (AvgIpc) is 2.85. The van der Waals surface area contributed by atoms with Gasteiger partial charge in [-0.15, -0.1) is 0 Å². The van der Waals surface area contributed by atoms with E-state index in [1.165, 1.54) is 6.92 Å². The molecule has 1 heterocycles. The molecule has 0 N–H and O–H groups in total. The van der Waals surface area contributed by atoms with Crippen molar-refractivity contribution in [2.45, 2.75) is 31.6 Å².